The summed E-state index contributed by atoms with van der Waals surface area (Å²) in [6, 6.07) is 0.349. The van der Waals surface area contributed by atoms with Crippen molar-refractivity contribution in [1.29, 1.82) is 0 Å². The molecule has 0 heterocycles. The van der Waals surface area contributed by atoms with Gasteiger partial charge in [0.2, 0.25) is 0 Å². The van der Waals surface area contributed by atoms with Gasteiger partial charge >= 0.3 is 0 Å². The summed E-state index contributed by atoms with van der Waals surface area (Å²) >= 11 is 0. The molecule has 0 aromatic rings. The zero-order chi connectivity index (χ0) is 19.9. The highest BCUT2D eigenvalue weighted by molar-refractivity contribution is 4.93. The Morgan fingerprint density at radius 2 is 1.04 bits per heavy atom. The minimum absolute atomic E-state index is 0.279. The van der Waals surface area contributed by atoms with Gasteiger partial charge in [-0.15, -0.1) is 0 Å². The van der Waals surface area contributed by atoms with Crippen LogP contribution < -0.4 is 22.9 Å². The van der Waals surface area contributed by atoms with Gasteiger partial charge in [-0.1, -0.05) is 72.1 Å². The molecule has 0 radical (unpaired) electrons. The molecule has 0 spiro atoms. The van der Waals surface area contributed by atoms with E-state index < -0.39 is 0 Å². The second kappa shape index (κ2) is 14.8. The van der Waals surface area contributed by atoms with Gasteiger partial charge in [-0.3, -0.25) is 0 Å². The van der Waals surface area contributed by atoms with E-state index in [4.69, 9.17) is 22.9 Å². The van der Waals surface area contributed by atoms with Gasteiger partial charge in [0, 0.05) is 6.04 Å². The summed E-state index contributed by atoms with van der Waals surface area (Å²) in [5.41, 5.74) is 23.3. The molecule has 1 fully saturated rings. The summed E-state index contributed by atoms with van der Waals surface area (Å²) in [7, 11) is 0. The molecule has 1 rings (SSSR count). The Balaban J connectivity index is 0.000000485. The molecule has 2 unspecified atom stereocenters. The van der Waals surface area contributed by atoms with Gasteiger partial charge in [-0.2, -0.15) is 0 Å². The van der Waals surface area contributed by atoms with E-state index in [1.54, 1.807) is 0 Å². The van der Waals surface area contributed by atoms with E-state index in [1.807, 2.05) is 0 Å². The Kier molecular flexibility index (Phi) is 14.8. The molecule has 0 aromatic carbocycles. The third-order valence-electron chi connectivity index (χ3n) is 5.63. The van der Waals surface area contributed by atoms with E-state index in [1.165, 1.54) is 70.6 Å². The maximum Gasteiger partial charge on any atom is 0.00495 e. The lowest BCUT2D eigenvalue weighted by Crippen LogP contribution is -2.45. The van der Waals surface area contributed by atoms with Gasteiger partial charge in [0.1, 0.15) is 0 Å². The van der Waals surface area contributed by atoms with Crippen LogP contribution in [-0.4, -0.2) is 25.7 Å². The molecule has 0 saturated heterocycles. The number of rotatable bonds is 12. The van der Waals surface area contributed by atoms with E-state index >= 15 is 0 Å². The Hall–Kier alpha value is -0.160. The van der Waals surface area contributed by atoms with Crippen molar-refractivity contribution < 1.29 is 0 Å². The van der Waals surface area contributed by atoms with Gasteiger partial charge in [0.05, 0.1) is 0 Å². The van der Waals surface area contributed by atoms with Crippen LogP contribution in [0.2, 0.25) is 0 Å². The van der Waals surface area contributed by atoms with Gasteiger partial charge in [-0.25, -0.2) is 0 Å². The molecule has 4 nitrogen and oxygen atoms in total. The van der Waals surface area contributed by atoms with Crippen LogP contribution in [0.25, 0.3) is 0 Å². The van der Waals surface area contributed by atoms with Crippen molar-refractivity contribution in [2.75, 3.05) is 19.6 Å². The predicted octanol–water partition coefficient (Wildman–Crippen LogP) is 4.29. The average Bonchev–Trinajstić information content (AvgIpc) is 2.55. The molecular weight excluding hydrogens is 320 g/mol. The quantitative estimate of drug-likeness (QED) is 0.384. The second-order valence-corrected chi connectivity index (χ2v) is 9.64. The lowest BCUT2D eigenvalue weighted by atomic mass is 9.63. The fourth-order valence-corrected chi connectivity index (χ4v) is 4.57. The molecule has 1 aliphatic carbocycles. The molecule has 0 aliphatic heterocycles. The molecule has 1 saturated carbocycles. The number of unbranched alkanes of at least 4 members (excludes halogenated alkanes) is 9. The first-order valence-electron chi connectivity index (χ1n) is 11.1. The van der Waals surface area contributed by atoms with Crippen molar-refractivity contribution in [2.24, 2.45) is 33.8 Å². The molecular formula is C22H50N4. The van der Waals surface area contributed by atoms with Gasteiger partial charge in [-0.05, 0) is 62.6 Å². The van der Waals surface area contributed by atoms with E-state index in [2.05, 4.69) is 20.8 Å². The first kappa shape index (κ1) is 25.8. The van der Waals surface area contributed by atoms with Crippen LogP contribution in [0.5, 0.6) is 0 Å². The second-order valence-electron chi connectivity index (χ2n) is 9.64. The smallest absolute Gasteiger partial charge is 0.00495 e. The first-order valence-corrected chi connectivity index (χ1v) is 11.1. The Bertz CT molecular complexity index is 307. The van der Waals surface area contributed by atoms with Crippen molar-refractivity contribution in [3.05, 3.63) is 0 Å². The van der Waals surface area contributed by atoms with Crippen LogP contribution in [0.1, 0.15) is 104 Å². The van der Waals surface area contributed by atoms with Crippen LogP contribution in [0.15, 0.2) is 0 Å². The molecule has 4 heteroatoms. The molecule has 8 N–H and O–H groups in total. The van der Waals surface area contributed by atoms with Crippen molar-refractivity contribution in [2.45, 2.75) is 110 Å². The molecule has 0 amide bonds. The van der Waals surface area contributed by atoms with Crippen LogP contribution in [-0.2, 0) is 0 Å². The topological polar surface area (TPSA) is 104 Å². The van der Waals surface area contributed by atoms with E-state index in [-0.39, 0.29) is 5.41 Å². The molecule has 158 valence electrons. The average molecular weight is 371 g/mol. The van der Waals surface area contributed by atoms with Crippen molar-refractivity contribution in [1.82, 2.24) is 0 Å². The molecule has 0 bridgehead atoms. The molecule has 26 heavy (non-hydrogen) atoms. The molecule has 2 atom stereocenters. The predicted molar refractivity (Wildman–Crippen MR) is 117 cm³/mol. The molecule has 0 aromatic heterocycles. The fourth-order valence-electron chi connectivity index (χ4n) is 4.57. The van der Waals surface area contributed by atoms with Crippen LogP contribution in [0.3, 0.4) is 0 Å². The van der Waals surface area contributed by atoms with Gasteiger partial charge in [0.15, 0.2) is 0 Å². The molecule has 1 aliphatic rings. The Morgan fingerprint density at radius 3 is 1.35 bits per heavy atom. The van der Waals surface area contributed by atoms with Gasteiger partial charge in [0.25, 0.3) is 0 Å². The minimum atomic E-state index is 0.279. The largest absolute Gasteiger partial charge is 0.330 e. The SMILES string of the molecule is CC1(C)CC(N)CC(C)(CN)C1.NCCCCCCCCCCCCN. The number of hydrogen-bond acceptors (Lipinski definition) is 4. The minimum Gasteiger partial charge on any atom is -0.330 e. The van der Waals surface area contributed by atoms with Crippen molar-refractivity contribution in [3.8, 4) is 0 Å². The third kappa shape index (κ3) is 14.0. The first-order chi connectivity index (χ1) is 12.3. The highest BCUT2D eigenvalue weighted by Crippen LogP contribution is 2.44. The van der Waals surface area contributed by atoms with E-state index in [9.17, 15) is 0 Å². The standard InChI is InChI=1S/C12H28N2.C10H22N2/c13-11-9-7-5-3-1-2-4-6-8-10-12-14;1-9(2)4-8(12)5-10(3,6-9)7-11/h1-14H2;8H,4-7,11-12H2,1-3H3. The summed E-state index contributed by atoms with van der Waals surface area (Å²) in [5.74, 6) is 0. The monoisotopic (exact) mass is 370 g/mol. The maximum atomic E-state index is 6.01. The van der Waals surface area contributed by atoms with E-state index in [0.717, 1.165) is 32.5 Å². The maximum absolute atomic E-state index is 6.01. The van der Waals surface area contributed by atoms with Crippen LogP contribution >= 0.6 is 0 Å². The zero-order valence-corrected chi connectivity index (χ0v) is 18.2. The van der Waals surface area contributed by atoms with Crippen molar-refractivity contribution >= 4 is 0 Å². The zero-order valence-electron chi connectivity index (χ0n) is 18.2. The Labute approximate surface area is 164 Å². The lowest BCUT2D eigenvalue weighted by molar-refractivity contribution is 0.0904. The lowest BCUT2D eigenvalue weighted by Gasteiger charge is -2.45. The number of hydrogen-bond donors (Lipinski definition) is 4. The fraction of sp³-hybridized carbons (Fsp3) is 1.00. The van der Waals surface area contributed by atoms with E-state index in [0.29, 0.717) is 11.5 Å². The van der Waals surface area contributed by atoms with Gasteiger partial charge < -0.3 is 22.9 Å². The van der Waals surface area contributed by atoms with Crippen LogP contribution in [0.4, 0.5) is 0 Å². The summed E-state index contributed by atoms with van der Waals surface area (Å²) in [4.78, 5) is 0. The summed E-state index contributed by atoms with van der Waals surface area (Å²) < 4.78 is 0. The van der Waals surface area contributed by atoms with Crippen LogP contribution in [0, 0.1) is 10.8 Å². The van der Waals surface area contributed by atoms with Crippen molar-refractivity contribution in [3.63, 3.8) is 0 Å². The third-order valence-corrected chi connectivity index (χ3v) is 5.63. The summed E-state index contributed by atoms with van der Waals surface area (Å²) in [6.07, 6.45) is 16.9. The summed E-state index contributed by atoms with van der Waals surface area (Å²) in [6.45, 7) is 9.33. The Morgan fingerprint density at radius 1 is 0.654 bits per heavy atom. The highest BCUT2D eigenvalue weighted by atomic mass is 14.7. The highest BCUT2D eigenvalue weighted by Gasteiger charge is 2.38. The normalized spacial score (nSPS) is 24.8. The number of nitrogens with two attached hydrogens (primary N) is 4. The summed E-state index contributed by atoms with van der Waals surface area (Å²) in [5, 5.41) is 0.